The predicted molar refractivity (Wildman–Crippen MR) is 87.9 cm³/mol. The van der Waals surface area contributed by atoms with E-state index >= 15 is 0 Å². The van der Waals surface area contributed by atoms with E-state index in [4.69, 9.17) is 20.9 Å². The van der Waals surface area contributed by atoms with E-state index in [2.05, 4.69) is 5.16 Å². The Morgan fingerprint density at radius 3 is 2.65 bits per heavy atom. The van der Waals surface area contributed by atoms with Crippen molar-refractivity contribution in [3.8, 4) is 17.1 Å². The summed E-state index contributed by atoms with van der Waals surface area (Å²) in [4.78, 5) is 11.9. The molecule has 5 nitrogen and oxygen atoms in total. The van der Waals surface area contributed by atoms with Gasteiger partial charge in [0.15, 0.2) is 5.82 Å². The normalized spacial score (nSPS) is 10.7. The standard InChI is InChI=1S/C17H15ClN2O3/c1-12-4-2-3-5-15(12)16-19-23-17(21)20(16)10-11-22-14-8-6-13(18)7-9-14/h2-9H,10-11H2,1H3. The third-order valence-corrected chi connectivity index (χ3v) is 3.72. The number of nitrogens with zero attached hydrogens (tertiary/aromatic N) is 2. The Hall–Kier alpha value is -2.53. The molecule has 118 valence electrons. The molecule has 0 aliphatic carbocycles. The largest absolute Gasteiger partial charge is 0.492 e. The number of ether oxygens (including phenoxy) is 1. The van der Waals surface area contributed by atoms with Crippen LogP contribution < -0.4 is 10.5 Å². The molecule has 0 aliphatic rings. The van der Waals surface area contributed by atoms with E-state index in [9.17, 15) is 4.79 Å². The Kier molecular flexibility index (Phi) is 4.48. The van der Waals surface area contributed by atoms with E-state index in [0.717, 1.165) is 11.1 Å². The van der Waals surface area contributed by atoms with Crippen LogP contribution in [0, 0.1) is 6.92 Å². The molecule has 6 heteroatoms. The zero-order chi connectivity index (χ0) is 16.2. The first kappa shape index (κ1) is 15.4. The fourth-order valence-electron chi connectivity index (χ4n) is 2.27. The minimum atomic E-state index is -0.497. The summed E-state index contributed by atoms with van der Waals surface area (Å²) in [6.07, 6.45) is 0. The third kappa shape index (κ3) is 3.46. The van der Waals surface area contributed by atoms with Crippen LogP contribution in [0.15, 0.2) is 57.8 Å². The number of halogens is 1. The lowest BCUT2D eigenvalue weighted by Gasteiger charge is -2.08. The molecule has 1 aromatic heterocycles. The molecule has 23 heavy (non-hydrogen) atoms. The number of rotatable bonds is 5. The Labute approximate surface area is 138 Å². The van der Waals surface area contributed by atoms with Crippen LogP contribution >= 0.6 is 11.6 Å². The molecule has 0 fully saturated rings. The molecule has 0 aliphatic heterocycles. The van der Waals surface area contributed by atoms with Gasteiger partial charge in [0, 0.05) is 10.6 Å². The third-order valence-electron chi connectivity index (χ3n) is 3.47. The van der Waals surface area contributed by atoms with Crippen molar-refractivity contribution in [2.75, 3.05) is 6.61 Å². The molecule has 3 rings (SSSR count). The van der Waals surface area contributed by atoms with Gasteiger partial charge in [-0.05, 0) is 36.8 Å². The second kappa shape index (κ2) is 6.71. The molecule has 0 N–H and O–H groups in total. The van der Waals surface area contributed by atoms with Crippen LogP contribution in [-0.2, 0) is 6.54 Å². The van der Waals surface area contributed by atoms with Crippen LogP contribution in [0.25, 0.3) is 11.4 Å². The average Bonchev–Trinajstić information content (AvgIpc) is 2.91. The predicted octanol–water partition coefficient (Wildman–Crippen LogP) is 3.54. The first-order chi connectivity index (χ1) is 11.1. The molecular formula is C17H15ClN2O3. The van der Waals surface area contributed by atoms with Crippen molar-refractivity contribution in [1.29, 1.82) is 0 Å². The molecule has 0 radical (unpaired) electrons. The molecule has 0 saturated heterocycles. The van der Waals surface area contributed by atoms with Gasteiger partial charge in [-0.2, -0.15) is 0 Å². The van der Waals surface area contributed by atoms with Gasteiger partial charge in [-0.1, -0.05) is 41.0 Å². The molecule has 2 aromatic carbocycles. The van der Waals surface area contributed by atoms with E-state index < -0.39 is 5.76 Å². The monoisotopic (exact) mass is 330 g/mol. The zero-order valence-corrected chi connectivity index (χ0v) is 13.3. The molecule has 0 spiro atoms. The summed E-state index contributed by atoms with van der Waals surface area (Å²) in [5.74, 6) is 0.701. The number of benzene rings is 2. The zero-order valence-electron chi connectivity index (χ0n) is 12.5. The fraction of sp³-hybridized carbons (Fsp3) is 0.176. The summed E-state index contributed by atoms with van der Waals surface area (Å²) in [6, 6.07) is 14.8. The lowest BCUT2D eigenvalue weighted by molar-refractivity contribution is 0.290. The SMILES string of the molecule is Cc1ccccc1-c1noc(=O)n1CCOc1ccc(Cl)cc1. The summed E-state index contributed by atoms with van der Waals surface area (Å²) in [5, 5.41) is 4.53. The molecule has 3 aromatic rings. The highest BCUT2D eigenvalue weighted by Crippen LogP contribution is 2.20. The maximum atomic E-state index is 11.9. The molecule has 0 amide bonds. The van der Waals surface area contributed by atoms with Crippen LogP contribution in [0.2, 0.25) is 5.02 Å². The maximum Gasteiger partial charge on any atom is 0.441 e. The van der Waals surface area contributed by atoms with E-state index in [1.54, 1.807) is 24.3 Å². The Balaban J connectivity index is 1.76. The second-order valence-electron chi connectivity index (χ2n) is 5.04. The fourth-order valence-corrected chi connectivity index (χ4v) is 2.39. The van der Waals surface area contributed by atoms with Gasteiger partial charge in [0.1, 0.15) is 12.4 Å². The quantitative estimate of drug-likeness (QED) is 0.718. The molecular weight excluding hydrogens is 316 g/mol. The van der Waals surface area contributed by atoms with Crippen molar-refractivity contribution in [1.82, 2.24) is 9.72 Å². The smallest absolute Gasteiger partial charge is 0.441 e. The molecule has 1 heterocycles. The lowest BCUT2D eigenvalue weighted by atomic mass is 10.1. The summed E-state index contributed by atoms with van der Waals surface area (Å²) in [5.41, 5.74) is 1.89. The Morgan fingerprint density at radius 1 is 1.17 bits per heavy atom. The van der Waals surface area contributed by atoms with E-state index in [-0.39, 0.29) is 0 Å². The van der Waals surface area contributed by atoms with Crippen LogP contribution in [0.5, 0.6) is 5.75 Å². The summed E-state index contributed by atoms with van der Waals surface area (Å²) >= 11 is 5.83. The van der Waals surface area contributed by atoms with Gasteiger partial charge >= 0.3 is 5.76 Å². The molecule has 0 bridgehead atoms. The first-order valence-corrected chi connectivity index (χ1v) is 7.54. The van der Waals surface area contributed by atoms with E-state index in [0.29, 0.717) is 29.7 Å². The minimum absolute atomic E-state index is 0.321. The van der Waals surface area contributed by atoms with E-state index in [1.807, 2.05) is 31.2 Å². The number of aromatic nitrogens is 2. The lowest BCUT2D eigenvalue weighted by Crippen LogP contribution is -2.20. The summed E-state index contributed by atoms with van der Waals surface area (Å²) < 4.78 is 11.9. The van der Waals surface area contributed by atoms with Gasteiger partial charge in [0.2, 0.25) is 0 Å². The second-order valence-corrected chi connectivity index (χ2v) is 5.48. The molecule has 0 unspecified atom stereocenters. The maximum absolute atomic E-state index is 11.9. The van der Waals surface area contributed by atoms with Crippen molar-refractivity contribution < 1.29 is 9.26 Å². The van der Waals surface area contributed by atoms with Gasteiger partial charge < -0.3 is 4.74 Å². The van der Waals surface area contributed by atoms with Gasteiger partial charge in [-0.25, -0.2) is 4.79 Å². The average molecular weight is 331 g/mol. The number of hydrogen-bond acceptors (Lipinski definition) is 4. The van der Waals surface area contributed by atoms with Gasteiger partial charge in [-0.3, -0.25) is 9.09 Å². The topological polar surface area (TPSA) is 57.3 Å². The van der Waals surface area contributed by atoms with Crippen molar-refractivity contribution in [2.45, 2.75) is 13.5 Å². The van der Waals surface area contributed by atoms with Crippen molar-refractivity contribution in [3.63, 3.8) is 0 Å². The van der Waals surface area contributed by atoms with Crippen LogP contribution in [0.1, 0.15) is 5.56 Å². The molecule has 0 saturated carbocycles. The Bertz CT molecular complexity index is 853. The highest BCUT2D eigenvalue weighted by atomic mass is 35.5. The van der Waals surface area contributed by atoms with Gasteiger partial charge in [0.05, 0.1) is 6.54 Å². The number of hydrogen-bond donors (Lipinski definition) is 0. The van der Waals surface area contributed by atoms with Gasteiger partial charge in [-0.15, -0.1) is 0 Å². The van der Waals surface area contributed by atoms with Crippen molar-refractivity contribution >= 4 is 11.6 Å². The van der Waals surface area contributed by atoms with Crippen LogP contribution in [0.4, 0.5) is 0 Å². The van der Waals surface area contributed by atoms with Crippen molar-refractivity contribution in [2.24, 2.45) is 0 Å². The van der Waals surface area contributed by atoms with Gasteiger partial charge in [0.25, 0.3) is 0 Å². The van der Waals surface area contributed by atoms with E-state index in [1.165, 1.54) is 4.57 Å². The molecule has 0 atom stereocenters. The Morgan fingerprint density at radius 2 is 1.91 bits per heavy atom. The first-order valence-electron chi connectivity index (χ1n) is 7.16. The summed E-state index contributed by atoms with van der Waals surface area (Å²) in [6.45, 7) is 2.62. The summed E-state index contributed by atoms with van der Waals surface area (Å²) in [7, 11) is 0. The minimum Gasteiger partial charge on any atom is -0.492 e. The van der Waals surface area contributed by atoms with Crippen LogP contribution in [0.3, 0.4) is 0 Å². The number of aryl methyl sites for hydroxylation is 1. The van der Waals surface area contributed by atoms with Crippen molar-refractivity contribution in [3.05, 3.63) is 69.7 Å². The highest BCUT2D eigenvalue weighted by molar-refractivity contribution is 6.30. The highest BCUT2D eigenvalue weighted by Gasteiger charge is 2.14. The van der Waals surface area contributed by atoms with Crippen LogP contribution in [-0.4, -0.2) is 16.3 Å².